The lowest BCUT2D eigenvalue weighted by molar-refractivity contribution is 0.502. The number of rotatable bonds is 5. The lowest BCUT2D eigenvalue weighted by Crippen LogP contribution is -2.38. The van der Waals surface area contributed by atoms with E-state index in [2.05, 4.69) is 10.5 Å². The molecule has 0 aliphatic heterocycles. The Morgan fingerprint density at radius 2 is 2.16 bits per heavy atom. The van der Waals surface area contributed by atoms with Gasteiger partial charge in [-0.3, -0.25) is 16.0 Å². The molecule has 3 N–H and O–H groups in total. The molecule has 0 saturated carbocycles. The third-order valence-electron chi connectivity index (χ3n) is 2.96. The third kappa shape index (κ3) is 3.59. The smallest absolute Gasteiger partial charge is 0.129 e. The maximum absolute atomic E-state index is 13.6. The maximum atomic E-state index is 13.6. The Balaban J connectivity index is 2.06. The molecule has 1 atom stereocenters. The third-order valence-corrected chi connectivity index (χ3v) is 2.96. The van der Waals surface area contributed by atoms with E-state index >= 15 is 0 Å². The van der Waals surface area contributed by atoms with Crippen LogP contribution in [0.5, 0.6) is 0 Å². The molecule has 0 amide bonds. The number of nitrogens with zero attached hydrogens (tertiary/aromatic N) is 2. The van der Waals surface area contributed by atoms with Crippen molar-refractivity contribution in [2.24, 2.45) is 12.9 Å². The molecular formula is C13H16F2N4. The standard InChI is InChI=1S/C13H16F2N4/c1-19-8-9(7-17-19)4-12(18-16)5-10-2-3-11(14)6-13(10)15/h2-3,6-8,12,18H,4-5,16H2,1H3. The van der Waals surface area contributed by atoms with Crippen molar-refractivity contribution in [1.82, 2.24) is 15.2 Å². The summed E-state index contributed by atoms with van der Waals surface area (Å²) in [5, 5.41) is 4.06. The second-order valence-electron chi connectivity index (χ2n) is 4.53. The summed E-state index contributed by atoms with van der Waals surface area (Å²) in [5.41, 5.74) is 4.10. The van der Waals surface area contributed by atoms with Crippen LogP contribution in [0.15, 0.2) is 30.6 Å². The molecular weight excluding hydrogens is 250 g/mol. The Labute approximate surface area is 110 Å². The molecule has 0 radical (unpaired) electrons. The first kappa shape index (κ1) is 13.6. The fraction of sp³-hybridized carbons (Fsp3) is 0.308. The highest BCUT2D eigenvalue weighted by Gasteiger charge is 2.13. The highest BCUT2D eigenvalue weighted by atomic mass is 19.1. The minimum absolute atomic E-state index is 0.135. The van der Waals surface area contributed by atoms with Gasteiger partial charge in [0.05, 0.1) is 6.20 Å². The van der Waals surface area contributed by atoms with Crippen LogP contribution in [0, 0.1) is 11.6 Å². The van der Waals surface area contributed by atoms with Crippen LogP contribution in [0.4, 0.5) is 8.78 Å². The van der Waals surface area contributed by atoms with Gasteiger partial charge in [0.1, 0.15) is 11.6 Å². The van der Waals surface area contributed by atoms with Crippen molar-refractivity contribution in [3.05, 3.63) is 53.4 Å². The molecule has 1 unspecified atom stereocenters. The van der Waals surface area contributed by atoms with Crippen molar-refractivity contribution in [2.45, 2.75) is 18.9 Å². The summed E-state index contributed by atoms with van der Waals surface area (Å²) >= 11 is 0. The van der Waals surface area contributed by atoms with Gasteiger partial charge in [0.2, 0.25) is 0 Å². The van der Waals surface area contributed by atoms with Gasteiger partial charge in [-0.25, -0.2) is 8.78 Å². The number of benzene rings is 1. The van der Waals surface area contributed by atoms with Gasteiger partial charge in [0.15, 0.2) is 0 Å². The second kappa shape index (κ2) is 5.90. The normalized spacial score (nSPS) is 12.6. The molecule has 19 heavy (non-hydrogen) atoms. The minimum atomic E-state index is -0.578. The average molecular weight is 266 g/mol. The van der Waals surface area contributed by atoms with E-state index in [9.17, 15) is 8.78 Å². The number of hydrogen-bond acceptors (Lipinski definition) is 3. The van der Waals surface area contributed by atoms with Gasteiger partial charge in [-0.1, -0.05) is 6.07 Å². The number of nitrogens with one attached hydrogen (secondary N) is 1. The van der Waals surface area contributed by atoms with Gasteiger partial charge >= 0.3 is 0 Å². The molecule has 0 aliphatic carbocycles. The van der Waals surface area contributed by atoms with E-state index in [4.69, 9.17) is 5.84 Å². The highest BCUT2D eigenvalue weighted by molar-refractivity contribution is 5.20. The topological polar surface area (TPSA) is 55.9 Å². The molecule has 0 aliphatic rings. The summed E-state index contributed by atoms with van der Waals surface area (Å²) in [5.74, 6) is 4.35. The van der Waals surface area contributed by atoms with E-state index in [1.807, 2.05) is 13.2 Å². The zero-order valence-corrected chi connectivity index (χ0v) is 10.6. The van der Waals surface area contributed by atoms with Gasteiger partial charge in [-0.15, -0.1) is 0 Å². The largest absolute Gasteiger partial charge is 0.276 e. The highest BCUT2D eigenvalue weighted by Crippen LogP contribution is 2.13. The van der Waals surface area contributed by atoms with E-state index in [1.165, 1.54) is 12.1 Å². The molecule has 0 spiro atoms. The molecule has 0 saturated heterocycles. The Bertz CT molecular complexity index is 553. The summed E-state index contributed by atoms with van der Waals surface area (Å²) in [7, 11) is 1.83. The monoisotopic (exact) mass is 266 g/mol. The van der Waals surface area contributed by atoms with Crippen molar-refractivity contribution in [3.63, 3.8) is 0 Å². The number of aryl methyl sites for hydroxylation is 1. The van der Waals surface area contributed by atoms with Crippen LogP contribution in [0.2, 0.25) is 0 Å². The number of aromatic nitrogens is 2. The van der Waals surface area contributed by atoms with Crippen LogP contribution < -0.4 is 11.3 Å². The molecule has 102 valence electrons. The molecule has 0 bridgehead atoms. The zero-order valence-electron chi connectivity index (χ0n) is 10.6. The summed E-state index contributed by atoms with van der Waals surface area (Å²) < 4.78 is 28.1. The summed E-state index contributed by atoms with van der Waals surface area (Å²) in [6.07, 6.45) is 4.63. The first-order valence-electron chi connectivity index (χ1n) is 5.96. The summed E-state index contributed by atoms with van der Waals surface area (Å²) in [4.78, 5) is 0. The predicted octanol–water partition coefficient (Wildman–Crippen LogP) is 1.32. The molecule has 4 nitrogen and oxygen atoms in total. The Morgan fingerprint density at radius 3 is 2.74 bits per heavy atom. The van der Waals surface area contributed by atoms with E-state index in [1.54, 1.807) is 10.9 Å². The number of halogens is 2. The second-order valence-corrected chi connectivity index (χ2v) is 4.53. The van der Waals surface area contributed by atoms with Crippen molar-refractivity contribution in [1.29, 1.82) is 0 Å². The number of hydrazine groups is 1. The lowest BCUT2D eigenvalue weighted by atomic mass is 10.0. The zero-order chi connectivity index (χ0) is 13.8. The minimum Gasteiger partial charge on any atom is -0.276 e. The van der Waals surface area contributed by atoms with Crippen molar-refractivity contribution in [2.75, 3.05) is 0 Å². The van der Waals surface area contributed by atoms with E-state index in [0.717, 1.165) is 11.6 Å². The van der Waals surface area contributed by atoms with E-state index in [0.29, 0.717) is 18.4 Å². The van der Waals surface area contributed by atoms with Gasteiger partial charge in [0.25, 0.3) is 0 Å². The van der Waals surface area contributed by atoms with Crippen LogP contribution in [-0.4, -0.2) is 15.8 Å². The van der Waals surface area contributed by atoms with Crippen molar-refractivity contribution >= 4 is 0 Å². The molecule has 0 fully saturated rings. The van der Waals surface area contributed by atoms with Gasteiger partial charge < -0.3 is 0 Å². The average Bonchev–Trinajstić information content (AvgIpc) is 2.77. The number of nitrogens with two attached hydrogens (primary N) is 1. The predicted molar refractivity (Wildman–Crippen MR) is 68.1 cm³/mol. The van der Waals surface area contributed by atoms with Gasteiger partial charge in [0, 0.05) is 25.4 Å². The van der Waals surface area contributed by atoms with E-state index < -0.39 is 11.6 Å². The molecule has 1 aromatic heterocycles. The van der Waals surface area contributed by atoms with Crippen molar-refractivity contribution in [3.8, 4) is 0 Å². The number of hydrogen-bond donors (Lipinski definition) is 2. The molecule has 2 aromatic rings. The quantitative estimate of drug-likeness (QED) is 0.634. The summed E-state index contributed by atoms with van der Waals surface area (Å²) in [6, 6.07) is 3.44. The Hall–Kier alpha value is -1.79. The van der Waals surface area contributed by atoms with E-state index in [-0.39, 0.29) is 6.04 Å². The molecule has 2 rings (SSSR count). The lowest BCUT2D eigenvalue weighted by Gasteiger charge is -2.15. The first-order chi connectivity index (χ1) is 9.08. The Morgan fingerprint density at radius 1 is 1.37 bits per heavy atom. The van der Waals surface area contributed by atoms with Gasteiger partial charge in [-0.05, 0) is 30.0 Å². The maximum Gasteiger partial charge on any atom is 0.129 e. The molecule has 1 aromatic carbocycles. The summed E-state index contributed by atoms with van der Waals surface area (Å²) in [6.45, 7) is 0. The molecule has 6 heteroatoms. The fourth-order valence-corrected chi connectivity index (χ4v) is 2.00. The van der Waals surface area contributed by atoms with Crippen LogP contribution in [0.3, 0.4) is 0 Å². The van der Waals surface area contributed by atoms with Crippen LogP contribution in [-0.2, 0) is 19.9 Å². The first-order valence-corrected chi connectivity index (χ1v) is 5.96. The Kier molecular flexibility index (Phi) is 4.24. The van der Waals surface area contributed by atoms with Crippen LogP contribution in [0.25, 0.3) is 0 Å². The van der Waals surface area contributed by atoms with Crippen LogP contribution >= 0.6 is 0 Å². The van der Waals surface area contributed by atoms with Gasteiger partial charge in [-0.2, -0.15) is 5.10 Å². The fourth-order valence-electron chi connectivity index (χ4n) is 2.00. The SMILES string of the molecule is Cn1cc(CC(Cc2ccc(F)cc2F)NN)cn1. The van der Waals surface area contributed by atoms with Crippen molar-refractivity contribution < 1.29 is 8.78 Å². The van der Waals surface area contributed by atoms with Crippen LogP contribution in [0.1, 0.15) is 11.1 Å². The molecule has 1 heterocycles.